The molecule has 1 aromatic rings. The van der Waals surface area contributed by atoms with Crippen molar-refractivity contribution in [2.45, 2.75) is 69.7 Å². The van der Waals surface area contributed by atoms with Crippen molar-refractivity contribution in [1.82, 2.24) is 15.6 Å². The topological polar surface area (TPSA) is 74.3 Å². The summed E-state index contributed by atoms with van der Waals surface area (Å²) in [5, 5.41) is 6.49. The number of pyridine rings is 1. The predicted molar refractivity (Wildman–Crippen MR) is 116 cm³/mol. The number of aldehydes is 1. The Labute approximate surface area is 174 Å². The molecule has 1 amide bonds. The number of anilines is 1. The van der Waals surface area contributed by atoms with Crippen LogP contribution in [-0.4, -0.2) is 49.9 Å². The number of likely N-dealkylation sites (N-methyl/N-ethyl adjacent to an activating group) is 1. The van der Waals surface area contributed by atoms with Crippen molar-refractivity contribution in [2.24, 2.45) is 5.92 Å². The first-order chi connectivity index (χ1) is 14.2. The smallest absolute Gasteiger partial charge is 0.227 e. The van der Waals surface area contributed by atoms with Gasteiger partial charge in [-0.1, -0.05) is 25.3 Å². The zero-order valence-corrected chi connectivity index (χ0v) is 17.7. The van der Waals surface area contributed by atoms with Crippen LogP contribution in [0.5, 0.6) is 0 Å². The molecule has 6 nitrogen and oxygen atoms in total. The van der Waals surface area contributed by atoms with Crippen LogP contribution >= 0.6 is 0 Å². The number of piperidine rings is 1. The molecule has 160 valence electrons. The summed E-state index contributed by atoms with van der Waals surface area (Å²) in [6, 6.07) is 4.75. The molecule has 1 saturated carbocycles. The monoisotopic (exact) mass is 400 g/mol. The maximum Gasteiger partial charge on any atom is 0.227 e. The van der Waals surface area contributed by atoms with Gasteiger partial charge in [0.05, 0.1) is 5.92 Å². The molecule has 1 unspecified atom stereocenters. The molecule has 0 aromatic carbocycles. The van der Waals surface area contributed by atoms with Gasteiger partial charge in [-0.3, -0.25) is 4.79 Å². The van der Waals surface area contributed by atoms with Gasteiger partial charge < -0.3 is 20.3 Å². The van der Waals surface area contributed by atoms with E-state index < -0.39 is 0 Å². The number of carbonyl (C=O) groups excluding carboxylic acids is 2. The van der Waals surface area contributed by atoms with Crippen molar-refractivity contribution in [3.8, 4) is 0 Å². The van der Waals surface area contributed by atoms with E-state index in [1.54, 1.807) is 13.2 Å². The number of hydrogen-bond acceptors (Lipinski definition) is 5. The molecule has 3 rings (SSSR count). The number of hydrogen-bond donors (Lipinski definition) is 2. The van der Waals surface area contributed by atoms with E-state index in [1.807, 2.05) is 12.1 Å². The Morgan fingerprint density at radius 2 is 1.97 bits per heavy atom. The van der Waals surface area contributed by atoms with Crippen molar-refractivity contribution >= 4 is 18.0 Å². The van der Waals surface area contributed by atoms with Crippen LogP contribution in [0.2, 0.25) is 0 Å². The second-order valence-electron chi connectivity index (χ2n) is 8.53. The third-order valence-corrected chi connectivity index (χ3v) is 6.55. The molecule has 29 heavy (non-hydrogen) atoms. The van der Waals surface area contributed by atoms with E-state index in [9.17, 15) is 9.59 Å². The minimum atomic E-state index is -0.316. The molecule has 2 aliphatic rings. The molecule has 6 heteroatoms. The molecule has 2 N–H and O–H groups in total. The number of rotatable bonds is 9. The van der Waals surface area contributed by atoms with Gasteiger partial charge in [0.25, 0.3) is 0 Å². The minimum Gasteiger partial charge on any atom is -0.359 e. The van der Waals surface area contributed by atoms with Crippen LogP contribution in [-0.2, 0) is 9.59 Å². The normalized spacial score (nSPS) is 19.7. The fourth-order valence-electron chi connectivity index (χ4n) is 4.65. The first-order valence-electron chi connectivity index (χ1n) is 11.3. The van der Waals surface area contributed by atoms with Crippen molar-refractivity contribution in [2.75, 3.05) is 31.6 Å². The number of amides is 1. The Kier molecular flexibility index (Phi) is 8.47. The summed E-state index contributed by atoms with van der Waals surface area (Å²) in [7, 11) is 1.63. The highest BCUT2D eigenvalue weighted by Gasteiger charge is 2.23. The average Bonchev–Trinajstić information content (AvgIpc) is 2.79. The van der Waals surface area contributed by atoms with Crippen LogP contribution in [0, 0.1) is 5.92 Å². The molecule has 0 spiro atoms. The highest BCUT2D eigenvalue weighted by Crippen LogP contribution is 2.26. The van der Waals surface area contributed by atoms with Crippen LogP contribution in [0.4, 0.5) is 5.82 Å². The summed E-state index contributed by atoms with van der Waals surface area (Å²) in [5.74, 6) is 1.36. The van der Waals surface area contributed by atoms with Gasteiger partial charge in [-0.25, -0.2) is 4.98 Å². The van der Waals surface area contributed by atoms with Gasteiger partial charge in [0.2, 0.25) is 5.91 Å². The molecular formula is C23H36N4O2. The average molecular weight is 401 g/mol. The molecule has 1 aliphatic heterocycles. The van der Waals surface area contributed by atoms with E-state index in [4.69, 9.17) is 0 Å². The van der Waals surface area contributed by atoms with Crippen LogP contribution in [0.15, 0.2) is 18.3 Å². The Balaban J connectivity index is 1.48. The van der Waals surface area contributed by atoms with E-state index in [0.29, 0.717) is 12.8 Å². The highest BCUT2D eigenvalue weighted by atomic mass is 16.1. The molecule has 2 fully saturated rings. The van der Waals surface area contributed by atoms with E-state index >= 15 is 0 Å². The highest BCUT2D eigenvalue weighted by molar-refractivity contribution is 5.83. The summed E-state index contributed by atoms with van der Waals surface area (Å²) in [4.78, 5) is 29.8. The van der Waals surface area contributed by atoms with E-state index in [1.165, 1.54) is 44.9 Å². The second-order valence-corrected chi connectivity index (χ2v) is 8.53. The second kappa shape index (κ2) is 11.3. The molecule has 2 heterocycles. The molecule has 1 aromatic heterocycles. The van der Waals surface area contributed by atoms with Gasteiger partial charge in [-0.2, -0.15) is 0 Å². The fraction of sp³-hybridized carbons (Fsp3) is 0.696. The number of carbonyl (C=O) groups is 2. The van der Waals surface area contributed by atoms with E-state index in [0.717, 1.165) is 49.3 Å². The Morgan fingerprint density at radius 1 is 1.21 bits per heavy atom. The van der Waals surface area contributed by atoms with Crippen LogP contribution in [0.1, 0.15) is 69.3 Å². The lowest BCUT2D eigenvalue weighted by Crippen LogP contribution is -2.40. The fourth-order valence-corrected chi connectivity index (χ4v) is 4.65. The quantitative estimate of drug-likeness (QED) is 0.623. The van der Waals surface area contributed by atoms with Gasteiger partial charge >= 0.3 is 0 Å². The van der Waals surface area contributed by atoms with Crippen molar-refractivity contribution < 1.29 is 9.59 Å². The van der Waals surface area contributed by atoms with Crippen LogP contribution < -0.4 is 15.5 Å². The van der Waals surface area contributed by atoms with Crippen LogP contribution in [0.25, 0.3) is 0 Å². The first-order valence-corrected chi connectivity index (χ1v) is 11.3. The number of nitrogens with zero attached hydrogens (tertiary/aromatic N) is 2. The van der Waals surface area contributed by atoms with E-state index in [-0.39, 0.29) is 11.8 Å². The predicted octanol–water partition coefficient (Wildman–Crippen LogP) is 3.03. The van der Waals surface area contributed by atoms with Gasteiger partial charge in [0.15, 0.2) is 0 Å². The lowest BCUT2D eigenvalue weighted by molar-refractivity contribution is -0.122. The lowest BCUT2D eigenvalue weighted by Gasteiger charge is -2.34. The van der Waals surface area contributed by atoms with Crippen molar-refractivity contribution in [3.05, 3.63) is 23.9 Å². The summed E-state index contributed by atoms with van der Waals surface area (Å²) >= 11 is 0. The number of nitrogens with one attached hydrogen (secondary N) is 2. The van der Waals surface area contributed by atoms with E-state index in [2.05, 4.69) is 20.5 Å². The molecule has 1 saturated heterocycles. The van der Waals surface area contributed by atoms with Crippen LogP contribution in [0.3, 0.4) is 0 Å². The largest absolute Gasteiger partial charge is 0.359 e. The maximum absolute atomic E-state index is 12.1. The summed E-state index contributed by atoms with van der Waals surface area (Å²) in [6.07, 6.45) is 12.8. The standard InChI is InChI=1S/C23H36N4O2/c1-24-23(29)21(8-5-15-28)19-9-10-22(26-17-19)27-13-11-18(12-14-27)16-25-20-6-3-2-4-7-20/h9-10,15,17-18,20-21,25H,2-8,11-14,16H2,1H3,(H,24,29). The third-order valence-electron chi connectivity index (χ3n) is 6.55. The lowest BCUT2D eigenvalue weighted by atomic mass is 9.93. The summed E-state index contributed by atoms with van der Waals surface area (Å²) in [5.41, 5.74) is 0.876. The summed E-state index contributed by atoms with van der Waals surface area (Å²) in [6.45, 7) is 3.22. The van der Waals surface area contributed by atoms with Crippen molar-refractivity contribution in [3.63, 3.8) is 0 Å². The first kappa shape index (κ1) is 21.8. The van der Waals surface area contributed by atoms with Gasteiger partial charge in [-0.05, 0) is 56.2 Å². The Bertz CT molecular complexity index is 635. The SMILES string of the molecule is CNC(=O)C(CCC=O)c1ccc(N2CCC(CNC3CCCCC3)CC2)nc1. The third kappa shape index (κ3) is 6.26. The molecule has 0 bridgehead atoms. The zero-order valence-electron chi connectivity index (χ0n) is 17.7. The molecule has 1 atom stereocenters. The van der Waals surface area contributed by atoms with Gasteiger partial charge in [0.1, 0.15) is 12.1 Å². The number of aromatic nitrogens is 1. The Morgan fingerprint density at radius 3 is 2.59 bits per heavy atom. The Hall–Kier alpha value is -1.95. The molecular weight excluding hydrogens is 364 g/mol. The maximum atomic E-state index is 12.1. The van der Waals surface area contributed by atoms with Gasteiger partial charge in [0, 0.05) is 38.8 Å². The zero-order chi connectivity index (χ0) is 20.5. The minimum absolute atomic E-state index is 0.0623. The van der Waals surface area contributed by atoms with Crippen molar-refractivity contribution in [1.29, 1.82) is 0 Å². The molecule has 1 aliphatic carbocycles. The van der Waals surface area contributed by atoms with Gasteiger partial charge in [-0.15, -0.1) is 0 Å². The molecule has 0 radical (unpaired) electrons. The summed E-state index contributed by atoms with van der Waals surface area (Å²) < 4.78 is 0.